The number of carbonyl (C=O) groups excluding carboxylic acids is 1. The van der Waals surface area contributed by atoms with Gasteiger partial charge in [0, 0.05) is 12.0 Å². The number of hydrogen-bond acceptors (Lipinski definition) is 5. The third-order valence-electron chi connectivity index (χ3n) is 3.94. The molecule has 0 saturated carbocycles. The molecule has 0 aliphatic carbocycles. The summed E-state index contributed by atoms with van der Waals surface area (Å²) < 4.78 is 43.1. The Morgan fingerprint density at radius 1 is 0.958 bits per heavy atom. The first-order chi connectivity index (χ1) is 11.5. The van der Waals surface area contributed by atoms with Crippen LogP contribution in [0.3, 0.4) is 0 Å². The van der Waals surface area contributed by atoms with Crippen LogP contribution in [0.1, 0.15) is 6.42 Å². The van der Waals surface area contributed by atoms with E-state index in [1.807, 2.05) is 24.3 Å². The predicted octanol–water partition coefficient (Wildman–Crippen LogP) is 2.65. The average Bonchev–Trinajstić information content (AvgIpc) is 2.59. The van der Waals surface area contributed by atoms with Crippen LogP contribution in [0, 0.1) is 0 Å². The molecule has 1 atom stereocenters. The Hall–Kier alpha value is -1.91. The Labute approximate surface area is 141 Å². The van der Waals surface area contributed by atoms with Crippen molar-refractivity contribution < 1.29 is 22.3 Å². The lowest BCUT2D eigenvalue weighted by Gasteiger charge is -2.28. The van der Waals surface area contributed by atoms with Crippen LogP contribution in [0.4, 0.5) is 0 Å². The maximum absolute atomic E-state index is 13.4. The van der Waals surface area contributed by atoms with Crippen molar-refractivity contribution in [1.29, 1.82) is 0 Å². The van der Waals surface area contributed by atoms with E-state index < -0.39 is 17.2 Å². The van der Waals surface area contributed by atoms with Crippen LogP contribution < -0.4 is 9.83 Å². The third kappa shape index (κ3) is 3.30. The Kier molecular flexibility index (Phi) is 4.61. The second-order valence-electron chi connectivity index (χ2n) is 5.61. The molecule has 1 heterocycles. The quantitative estimate of drug-likeness (QED) is 0.582. The number of rotatable bonds is 6. The molecule has 1 aliphatic heterocycles. The second-order valence-corrected chi connectivity index (χ2v) is 10.4. The normalized spacial score (nSPS) is 19.0. The van der Waals surface area contributed by atoms with Crippen molar-refractivity contribution >= 4 is 28.8 Å². The van der Waals surface area contributed by atoms with Gasteiger partial charge in [-0.1, -0.05) is 36.4 Å². The minimum atomic E-state index is -3.44. The summed E-state index contributed by atoms with van der Waals surface area (Å²) in [7, 11) is -6.78. The Balaban J connectivity index is 1.94. The lowest BCUT2D eigenvalue weighted by molar-refractivity contribution is -0.107. The van der Waals surface area contributed by atoms with Gasteiger partial charge in [-0.15, -0.1) is 0 Å². The lowest BCUT2D eigenvalue weighted by Crippen LogP contribution is -2.24. The van der Waals surface area contributed by atoms with Crippen molar-refractivity contribution in [1.82, 2.24) is 0 Å². The van der Waals surface area contributed by atoms with E-state index in [1.54, 1.807) is 24.3 Å². The fourth-order valence-corrected chi connectivity index (χ4v) is 7.25. The Bertz CT molecular complexity index is 920. The van der Waals surface area contributed by atoms with Crippen molar-refractivity contribution in [3.05, 3.63) is 48.5 Å². The predicted molar refractivity (Wildman–Crippen MR) is 93.9 cm³/mol. The van der Waals surface area contributed by atoms with Crippen LogP contribution in [0.15, 0.2) is 48.5 Å². The molecule has 5 nitrogen and oxygen atoms in total. The van der Waals surface area contributed by atoms with Crippen molar-refractivity contribution in [3.63, 3.8) is 0 Å². The van der Waals surface area contributed by atoms with Gasteiger partial charge in [-0.2, -0.15) is 0 Å². The monoisotopic (exact) mass is 364 g/mol. The topological polar surface area (TPSA) is 77.5 Å². The van der Waals surface area contributed by atoms with Gasteiger partial charge in [-0.3, -0.25) is 4.57 Å². The van der Waals surface area contributed by atoms with Gasteiger partial charge >= 0.3 is 0 Å². The molecule has 0 radical (unpaired) electrons. The van der Waals surface area contributed by atoms with E-state index in [0.29, 0.717) is 17.3 Å². The summed E-state index contributed by atoms with van der Waals surface area (Å²) in [6, 6.07) is 14.5. The summed E-state index contributed by atoms with van der Waals surface area (Å²) in [6.45, 7) is 0. The van der Waals surface area contributed by atoms with Crippen LogP contribution >= 0.6 is 7.37 Å². The molecule has 0 bridgehead atoms. The highest BCUT2D eigenvalue weighted by Gasteiger charge is 2.36. The smallest absolute Gasteiger partial charge is 0.278 e. The minimum Gasteiger partial charge on any atom is -0.439 e. The highest BCUT2D eigenvalue weighted by atomic mass is 32.2. The van der Waals surface area contributed by atoms with Gasteiger partial charge in [0.25, 0.3) is 7.37 Å². The number of para-hydroxylation sites is 1. The fourth-order valence-electron chi connectivity index (χ4n) is 2.73. The third-order valence-corrected chi connectivity index (χ3v) is 8.35. The van der Waals surface area contributed by atoms with E-state index in [2.05, 4.69) is 0 Å². The molecule has 24 heavy (non-hydrogen) atoms. The number of carbonyl (C=O) groups is 1. The van der Waals surface area contributed by atoms with Crippen LogP contribution in [-0.4, -0.2) is 32.4 Å². The van der Waals surface area contributed by atoms with Crippen molar-refractivity contribution in [2.24, 2.45) is 0 Å². The zero-order valence-corrected chi connectivity index (χ0v) is 14.6. The number of benzene rings is 2. The summed E-state index contributed by atoms with van der Waals surface area (Å²) in [5, 5.41) is 0.550. The molecular formula is C17H17O5PS. The van der Waals surface area contributed by atoms with E-state index >= 15 is 0 Å². The molecular weight excluding hydrogens is 347 g/mol. The van der Waals surface area contributed by atoms with E-state index in [1.165, 1.54) is 0 Å². The molecule has 0 fully saturated rings. The van der Waals surface area contributed by atoms with E-state index in [0.717, 1.165) is 11.1 Å². The minimum absolute atomic E-state index is 0.0487. The van der Waals surface area contributed by atoms with E-state index in [9.17, 15) is 17.8 Å². The highest BCUT2D eigenvalue weighted by Crippen LogP contribution is 2.54. The maximum Gasteiger partial charge on any atom is 0.278 e. The van der Waals surface area contributed by atoms with Crippen molar-refractivity contribution in [2.75, 3.05) is 17.7 Å². The molecule has 0 spiro atoms. The van der Waals surface area contributed by atoms with Gasteiger partial charge < -0.3 is 9.32 Å². The second kappa shape index (κ2) is 6.54. The van der Waals surface area contributed by atoms with E-state index in [-0.39, 0.29) is 24.1 Å². The average molecular weight is 364 g/mol. The number of sulfone groups is 1. The number of hydrogen-bond donors (Lipinski definition) is 0. The molecule has 0 amide bonds. The molecule has 0 N–H and O–H groups in total. The number of aldehydes is 1. The van der Waals surface area contributed by atoms with Gasteiger partial charge in [-0.25, -0.2) is 8.42 Å². The summed E-state index contributed by atoms with van der Waals surface area (Å²) in [5.74, 6) is 0.00779. The molecule has 0 saturated heterocycles. The lowest BCUT2D eigenvalue weighted by atomic mass is 10.0. The SMILES string of the molecule is O=CCCS(=O)(=O)CCP1(=O)Oc2ccccc2-c2ccccc21. The zero-order chi connectivity index (χ0) is 17.2. The van der Waals surface area contributed by atoms with Crippen LogP contribution in [0.25, 0.3) is 11.1 Å². The largest absolute Gasteiger partial charge is 0.439 e. The molecule has 1 aliphatic rings. The summed E-state index contributed by atoms with van der Waals surface area (Å²) in [4.78, 5) is 10.4. The maximum atomic E-state index is 13.4. The Morgan fingerprint density at radius 2 is 1.62 bits per heavy atom. The molecule has 3 rings (SSSR count). The van der Waals surface area contributed by atoms with Crippen LogP contribution in [0.5, 0.6) is 5.75 Å². The summed E-state index contributed by atoms with van der Waals surface area (Å²) in [5.41, 5.74) is 1.66. The van der Waals surface area contributed by atoms with Crippen LogP contribution in [-0.2, 0) is 19.2 Å². The Morgan fingerprint density at radius 3 is 2.38 bits per heavy atom. The summed E-state index contributed by atoms with van der Waals surface area (Å²) >= 11 is 0. The van der Waals surface area contributed by atoms with Crippen molar-refractivity contribution in [3.8, 4) is 16.9 Å². The van der Waals surface area contributed by atoms with Gasteiger partial charge in [0.15, 0.2) is 9.84 Å². The first kappa shape index (κ1) is 16.9. The molecule has 2 aromatic carbocycles. The van der Waals surface area contributed by atoms with Gasteiger partial charge in [0.05, 0.1) is 23.0 Å². The van der Waals surface area contributed by atoms with Gasteiger partial charge in [0.2, 0.25) is 0 Å². The fraction of sp³-hybridized carbons (Fsp3) is 0.235. The first-order valence-corrected chi connectivity index (χ1v) is 11.2. The molecule has 2 aromatic rings. The molecule has 7 heteroatoms. The zero-order valence-electron chi connectivity index (χ0n) is 12.9. The van der Waals surface area contributed by atoms with E-state index in [4.69, 9.17) is 4.52 Å². The van der Waals surface area contributed by atoms with Crippen molar-refractivity contribution in [2.45, 2.75) is 6.42 Å². The standard InChI is InChI=1S/C17H17O5PS/c18-10-5-12-24(20,21)13-11-23(19)17-9-4-2-7-15(17)14-6-1-3-8-16(14)22-23/h1-4,6-10H,5,11-13H2. The molecule has 126 valence electrons. The summed E-state index contributed by atoms with van der Waals surface area (Å²) in [6.07, 6.45) is 0.425. The first-order valence-electron chi connectivity index (χ1n) is 7.57. The van der Waals surface area contributed by atoms with Gasteiger partial charge in [0.1, 0.15) is 12.0 Å². The molecule has 0 aromatic heterocycles. The van der Waals surface area contributed by atoms with Crippen LogP contribution in [0.2, 0.25) is 0 Å². The number of fused-ring (bicyclic) bond motifs is 3. The highest BCUT2D eigenvalue weighted by molar-refractivity contribution is 7.91. The molecule has 1 unspecified atom stereocenters. The van der Waals surface area contributed by atoms with Gasteiger partial charge in [-0.05, 0) is 17.7 Å².